The maximum absolute atomic E-state index is 12.4. The van der Waals surface area contributed by atoms with Crippen LogP contribution in [-0.4, -0.2) is 51.4 Å². The van der Waals surface area contributed by atoms with Crippen LogP contribution in [0.15, 0.2) is 22.0 Å². The predicted molar refractivity (Wildman–Crippen MR) is 144 cm³/mol. The van der Waals surface area contributed by atoms with Crippen molar-refractivity contribution in [2.45, 2.75) is 106 Å². The molecular formula is C28H48N6O2. The molecule has 1 aliphatic heterocycles. The van der Waals surface area contributed by atoms with E-state index < -0.39 is 0 Å². The highest BCUT2D eigenvalue weighted by Crippen LogP contribution is 2.38. The Bertz CT molecular complexity index is 921. The summed E-state index contributed by atoms with van der Waals surface area (Å²) in [5.74, 6) is 4.08. The van der Waals surface area contributed by atoms with E-state index in [-0.39, 0.29) is 29.1 Å². The topological polar surface area (TPSA) is 104 Å². The van der Waals surface area contributed by atoms with Crippen LogP contribution in [0.1, 0.15) is 105 Å². The molecule has 8 heteroatoms. The summed E-state index contributed by atoms with van der Waals surface area (Å²) in [6.07, 6.45) is 8.99. The van der Waals surface area contributed by atoms with Crippen molar-refractivity contribution in [2.75, 3.05) is 13.6 Å². The van der Waals surface area contributed by atoms with Crippen LogP contribution >= 0.6 is 0 Å². The van der Waals surface area contributed by atoms with Gasteiger partial charge in [-0.15, -0.1) is 0 Å². The quantitative estimate of drug-likeness (QED) is 0.475. The van der Waals surface area contributed by atoms with Gasteiger partial charge in [-0.25, -0.2) is 4.98 Å². The average Bonchev–Trinajstić information content (AvgIpc) is 3.77. The molecule has 1 aromatic heterocycles. The van der Waals surface area contributed by atoms with E-state index in [1.807, 2.05) is 19.9 Å². The maximum atomic E-state index is 12.4. The highest BCUT2D eigenvalue weighted by atomic mass is 16.2. The van der Waals surface area contributed by atoms with E-state index in [4.69, 9.17) is 0 Å². The first kappa shape index (κ1) is 29.8. The third-order valence-electron chi connectivity index (χ3n) is 7.27. The second-order valence-electron chi connectivity index (χ2n) is 11.6. The lowest BCUT2D eigenvalue weighted by molar-refractivity contribution is -0.142. The fourth-order valence-electron chi connectivity index (χ4n) is 4.16. The number of nitrogens with zero attached hydrogens (tertiary/aromatic N) is 5. The van der Waals surface area contributed by atoms with Crippen LogP contribution in [0, 0.1) is 23.2 Å². The number of likely N-dealkylation sites (tertiary alicyclic amines) is 1. The molecule has 4 rings (SSSR count). The third kappa shape index (κ3) is 8.93. The molecule has 202 valence electrons. The Morgan fingerprint density at radius 1 is 1.22 bits per heavy atom. The van der Waals surface area contributed by atoms with E-state index in [1.165, 1.54) is 25.7 Å². The number of rotatable bonds is 6. The molecule has 1 amide bonds. The van der Waals surface area contributed by atoms with Crippen LogP contribution in [-0.2, 0) is 16.0 Å². The van der Waals surface area contributed by atoms with Gasteiger partial charge in [0.2, 0.25) is 5.91 Å². The summed E-state index contributed by atoms with van der Waals surface area (Å²) in [4.78, 5) is 30.1. The van der Waals surface area contributed by atoms with Crippen LogP contribution < -0.4 is 0 Å². The number of hydrogen-bond donors (Lipinski definition) is 1. The van der Waals surface area contributed by atoms with Gasteiger partial charge in [-0.1, -0.05) is 47.6 Å². The molecular weight excluding hydrogens is 452 g/mol. The van der Waals surface area contributed by atoms with Gasteiger partial charge >= 0.3 is 0 Å². The summed E-state index contributed by atoms with van der Waals surface area (Å²) in [6, 6.07) is -0.192. The molecule has 1 saturated heterocycles. The van der Waals surface area contributed by atoms with Crippen LogP contribution in [0.3, 0.4) is 0 Å². The molecule has 1 N–H and O–H groups in total. The van der Waals surface area contributed by atoms with E-state index in [0.29, 0.717) is 11.8 Å². The number of aromatic nitrogens is 3. The number of carbonyl (C=O) groups excluding carboxylic acids is 2. The molecule has 0 unspecified atom stereocenters. The van der Waals surface area contributed by atoms with E-state index in [2.05, 4.69) is 60.0 Å². The number of ketones is 1. The van der Waals surface area contributed by atoms with Crippen molar-refractivity contribution in [3.8, 4) is 0 Å². The van der Waals surface area contributed by atoms with Crippen molar-refractivity contribution < 1.29 is 9.59 Å². The summed E-state index contributed by atoms with van der Waals surface area (Å²) in [7, 11) is 1.71. The Hall–Kier alpha value is -2.38. The smallest absolute Gasteiger partial charge is 0.226 e. The lowest BCUT2D eigenvalue weighted by Gasteiger charge is -2.32. The minimum atomic E-state index is -0.192. The van der Waals surface area contributed by atoms with Crippen molar-refractivity contribution in [3.63, 3.8) is 0 Å². The molecule has 8 nitrogen and oxygen atoms in total. The largest absolute Gasteiger partial charge is 0.332 e. The average molecular weight is 501 g/mol. The van der Waals surface area contributed by atoms with Crippen molar-refractivity contribution in [1.82, 2.24) is 20.1 Å². The van der Waals surface area contributed by atoms with Crippen molar-refractivity contribution in [3.05, 3.63) is 23.4 Å². The van der Waals surface area contributed by atoms with Crippen LogP contribution in [0.5, 0.6) is 0 Å². The monoisotopic (exact) mass is 500 g/mol. The van der Waals surface area contributed by atoms with Gasteiger partial charge in [0.1, 0.15) is 5.82 Å². The molecule has 36 heavy (non-hydrogen) atoms. The zero-order valence-corrected chi connectivity index (χ0v) is 24.0. The van der Waals surface area contributed by atoms with Crippen molar-refractivity contribution in [1.29, 1.82) is 0 Å². The van der Waals surface area contributed by atoms with Gasteiger partial charge < -0.3 is 4.90 Å². The van der Waals surface area contributed by atoms with Gasteiger partial charge in [-0.3, -0.25) is 14.7 Å². The number of aromatic amines is 1. The van der Waals surface area contributed by atoms with Gasteiger partial charge in [-0.05, 0) is 57.3 Å². The summed E-state index contributed by atoms with van der Waals surface area (Å²) >= 11 is 0. The lowest BCUT2D eigenvalue weighted by Crippen LogP contribution is -2.45. The molecule has 3 atom stereocenters. The fourth-order valence-corrected chi connectivity index (χ4v) is 4.16. The maximum Gasteiger partial charge on any atom is 0.226 e. The predicted octanol–water partition coefficient (Wildman–Crippen LogP) is 6.12. The van der Waals surface area contributed by atoms with E-state index >= 15 is 0 Å². The molecule has 0 bridgehead atoms. The highest BCUT2D eigenvalue weighted by molar-refractivity contribution is 5.89. The van der Waals surface area contributed by atoms with E-state index in [0.717, 1.165) is 42.7 Å². The SMILES string of the molecule is C/C=C(\N=NC)C1CC1.CC(=O)[C@@H]1C[C@@H](C)CN1C(=O)[C@@H](C)C(C)(C)C.CCc1nc(C2CC2)n[nH]1. The number of Topliss-reactive ketones (excluding diaryl/α,β-unsaturated/α-hetero) is 1. The molecule has 1 aromatic rings. The zero-order valence-electron chi connectivity index (χ0n) is 24.0. The van der Waals surface area contributed by atoms with Crippen LogP contribution in [0.2, 0.25) is 0 Å². The van der Waals surface area contributed by atoms with Gasteiger partial charge in [0.05, 0.1) is 11.7 Å². The van der Waals surface area contributed by atoms with Crippen LogP contribution in [0.25, 0.3) is 0 Å². The molecule has 0 aromatic carbocycles. The number of nitrogens with one attached hydrogen (secondary N) is 1. The van der Waals surface area contributed by atoms with Crippen molar-refractivity contribution >= 4 is 11.7 Å². The first-order valence-electron chi connectivity index (χ1n) is 13.6. The zero-order chi connectivity index (χ0) is 27.0. The minimum absolute atomic E-state index is 0.0466. The molecule has 2 heterocycles. The third-order valence-corrected chi connectivity index (χ3v) is 7.27. The Balaban J connectivity index is 0.000000204. The Kier molecular flexibility index (Phi) is 11.0. The standard InChI is InChI=1S/C14H25NO2.C7H11N3.C7H12N2/c1-9-7-12(11(3)16)15(8-9)13(17)10(2)14(4,5)6;1-2-6-8-7(10-9-6)5-3-4-5;1-3-7(9-8-2)6-4-5-6/h9-10,12H,7-8H2,1-6H3;5H,2-4H2,1H3,(H,8,9,10);3,6H,4-5H2,1-2H3/b;;7-3-,9-8?/t9-,10-,12+;;/m1../s1. The fraction of sp³-hybridized carbons (Fsp3) is 0.786. The molecule has 3 fully saturated rings. The van der Waals surface area contributed by atoms with Gasteiger partial charge in [0.25, 0.3) is 0 Å². The summed E-state index contributed by atoms with van der Waals surface area (Å²) in [5.41, 5.74) is 1.11. The molecule has 0 spiro atoms. The van der Waals surface area contributed by atoms with E-state index in [9.17, 15) is 9.59 Å². The summed E-state index contributed by atoms with van der Waals surface area (Å²) in [5, 5.41) is 14.7. The normalized spacial score (nSPS) is 23.0. The Labute approximate surface area is 217 Å². The van der Waals surface area contributed by atoms with Crippen LogP contribution in [0.4, 0.5) is 0 Å². The number of amides is 1. The Morgan fingerprint density at radius 2 is 1.86 bits per heavy atom. The molecule has 2 saturated carbocycles. The number of hydrogen-bond acceptors (Lipinski definition) is 6. The second kappa shape index (κ2) is 13.2. The summed E-state index contributed by atoms with van der Waals surface area (Å²) < 4.78 is 0. The number of H-pyrrole nitrogens is 1. The van der Waals surface area contributed by atoms with Gasteiger partial charge in [0.15, 0.2) is 11.6 Å². The number of azo groups is 1. The first-order valence-corrected chi connectivity index (χ1v) is 13.6. The number of carbonyl (C=O) groups is 2. The summed E-state index contributed by atoms with van der Waals surface area (Å²) in [6.45, 7) is 16.7. The van der Waals surface area contributed by atoms with Gasteiger partial charge in [-0.2, -0.15) is 15.3 Å². The van der Waals surface area contributed by atoms with Gasteiger partial charge in [0, 0.05) is 37.8 Å². The Morgan fingerprint density at radius 3 is 2.28 bits per heavy atom. The molecule has 0 radical (unpaired) electrons. The number of aryl methyl sites for hydroxylation is 1. The highest BCUT2D eigenvalue weighted by Gasteiger charge is 2.40. The second-order valence-corrected chi connectivity index (χ2v) is 11.6. The number of allylic oxidation sites excluding steroid dienone is 2. The van der Waals surface area contributed by atoms with E-state index in [1.54, 1.807) is 18.9 Å². The molecule has 2 aliphatic carbocycles. The molecule has 3 aliphatic rings. The first-order chi connectivity index (χ1) is 16.9. The lowest BCUT2D eigenvalue weighted by atomic mass is 9.81. The minimum Gasteiger partial charge on any atom is -0.332 e. The van der Waals surface area contributed by atoms with Crippen molar-refractivity contribution in [2.24, 2.45) is 33.4 Å².